The number of hydrogen-bond acceptors (Lipinski definition) is 10. The molecule has 2 aromatic rings. The van der Waals surface area contributed by atoms with E-state index >= 15 is 0 Å². The van der Waals surface area contributed by atoms with E-state index in [9.17, 15) is 28.1 Å². The van der Waals surface area contributed by atoms with E-state index in [0.29, 0.717) is 31.7 Å². The first-order valence-electron chi connectivity index (χ1n) is 13.0. The number of esters is 2. The number of fused-ring (bicyclic) bond motifs is 2. The van der Waals surface area contributed by atoms with E-state index in [1.807, 2.05) is 13.0 Å². The summed E-state index contributed by atoms with van der Waals surface area (Å²) in [6, 6.07) is 8.28. The van der Waals surface area contributed by atoms with Gasteiger partial charge in [-0.15, -0.1) is 0 Å². The number of rotatable bonds is 7. The number of aryl methyl sites for hydroxylation is 1. The summed E-state index contributed by atoms with van der Waals surface area (Å²) in [4.78, 5) is 39.9. The minimum absolute atomic E-state index is 0.0278. The summed E-state index contributed by atoms with van der Waals surface area (Å²) in [6.45, 7) is 4.24. The first-order valence-corrected chi connectivity index (χ1v) is 14.5. The van der Waals surface area contributed by atoms with Gasteiger partial charge in [0.1, 0.15) is 17.7 Å². The average Bonchev–Trinajstić information content (AvgIpc) is 3.69. The predicted octanol–water partition coefficient (Wildman–Crippen LogP) is 1.63. The van der Waals surface area contributed by atoms with E-state index in [-0.39, 0.29) is 42.1 Å². The normalized spacial score (nSPS) is 20.7. The Morgan fingerprint density at radius 2 is 1.90 bits per heavy atom. The van der Waals surface area contributed by atoms with Crippen molar-refractivity contribution in [1.82, 2.24) is 8.87 Å². The van der Waals surface area contributed by atoms with Crippen LogP contribution in [0.2, 0.25) is 0 Å². The van der Waals surface area contributed by atoms with E-state index in [1.54, 1.807) is 19.1 Å². The lowest BCUT2D eigenvalue weighted by Crippen LogP contribution is -2.42. The van der Waals surface area contributed by atoms with Gasteiger partial charge in [-0.1, -0.05) is 17.7 Å². The first-order chi connectivity index (χ1) is 19.1. The van der Waals surface area contributed by atoms with Crippen molar-refractivity contribution in [3.63, 3.8) is 0 Å². The molecule has 0 unspecified atom stereocenters. The zero-order valence-electron chi connectivity index (χ0n) is 22.1. The molecule has 0 N–H and O–H groups in total. The van der Waals surface area contributed by atoms with Crippen LogP contribution in [0.1, 0.15) is 54.7 Å². The molecule has 3 aliphatic heterocycles. The molecule has 13 heteroatoms. The van der Waals surface area contributed by atoms with Crippen LogP contribution in [-0.2, 0) is 50.9 Å². The largest absolute Gasteiger partial charge is 0.463 e. The first kappa shape index (κ1) is 28.0. The summed E-state index contributed by atoms with van der Waals surface area (Å²) < 4.78 is 51.5. The third-order valence-electron chi connectivity index (χ3n) is 7.37. The number of ether oxygens (including phenoxy) is 4. The number of hydrogen-bond donors (Lipinski definition) is 0. The lowest BCUT2D eigenvalue weighted by molar-refractivity contribution is -0.170. The molecule has 0 aliphatic carbocycles. The standard InChI is InChI=1S/C27H29N3O9S/c1-3-36-26(33)23(19-15-22-27(37-13-14-38-27)10-12-29(22)24(31)20(19)16-28)39-25(32)21-5-4-11-30(21)40(34,35)18-8-6-17(2)7-9-18/h6-9,15,21,23H,3-5,10-14H2,1-2H3/t21-,23+/m0/s1. The van der Waals surface area contributed by atoms with Crippen molar-refractivity contribution in [2.24, 2.45) is 0 Å². The molecule has 40 heavy (non-hydrogen) atoms. The van der Waals surface area contributed by atoms with Crippen LogP contribution >= 0.6 is 0 Å². The highest BCUT2D eigenvalue weighted by atomic mass is 32.2. The number of carbonyl (C=O) groups is 2. The maximum atomic E-state index is 13.5. The van der Waals surface area contributed by atoms with Gasteiger partial charge >= 0.3 is 11.9 Å². The van der Waals surface area contributed by atoms with Crippen LogP contribution in [0.3, 0.4) is 0 Å². The molecule has 3 aliphatic rings. The van der Waals surface area contributed by atoms with E-state index in [4.69, 9.17) is 18.9 Å². The lowest BCUT2D eigenvalue weighted by atomic mass is 10.0. The van der Waals surface area contributed by atoms with Crippen LogP contribution in [-0.4, -0.2) is 61.6 Å². The SMILES string of the molecule is CCOC(=O)[C@H](OC(=O)[C@@H]1CCCN1S(=O)(=O)c1ccc(C)cc1)c1cc2n(c(=O)c1C#N)CCC21OCCO1. The molecule has 0 amide bonds. The number of nitrogens with zero attached hydrogens (tertiary/aromatic N) is 3. The zero-order valence-corrected chi connectivity index (χ0v) is 22.9. The van der Waals surface area contributed by atoms with Crippen molar-refractivity contribution in [3.05, 3.63) is 63.1 Å². The fourth-order valence-electron chi connectivity index (χ4n) is 5.42. The van der Waals surface area contributed by atoms with Gasteiger partial charge in [-0.2, -0.15) is 9.57 Å². The van der Waals surface area contributed by atoms with Gasteiger partial charge in [-0.3, -0.25) is 9.59 Å². The molecule has 5 rings (SSSR count). The quantitative estimate of drug-likeness (QED) is 0.448. The maximum Gasteiger partial charge on any atom is 0.352 e. The van der Waals surface area contributed by atoms with Gasteiger partial charge in [0, 0.05) is 25.1 Å². The molecular formula is C27H29N3O9S. The van der Waals surface area contributed by atoms with Gasteiger partial charge in [0.05, 0.1) is 30.4 Å². The predicted molar refractivity (Wildman–Crippen MR) is 137 cm³/mol. The molecule has 2 saturated heterocycles. The molecule has 0 bridgehead atoms. The second kappa shape index (κ2) is 10.8. The van der Waals surface area contributed by atoms with Crippen molar-refractivity contribution in [2.45, 2.75) is 62.5 Å². The van der Waals surface area contributed by atoms with Gasteiger partial charge in [-0.25, -0.2) is 13.2 Å². The van der Waals surface area contributed by atoms with Gasteiger partial charge < -0.3 is 23.5 Å². The smallest absolute Gasteiger partial charge is 0.352 e. The number of pyridine rings is 1. The topological polar surface area (TPSA) is 154 Å². The Labute approximate surface area is 231 Å². The number of nitriles is 1. The highest BCUT2D eigenvalue weighted by molar-refractivity contribution is 7.89. The Kier molecular flexibility index (Phi) is 7.54. The number of sulfonamides is 1. The van der Waals surface area contributed by atoms with Crippen LogP contribution in [0.4, 0.5) is 0 Å². The van der Waals surface area contributed by atoms with E-state index in [2.05, 4.69) is 0 Å². The molecule has 1 aromatic carbocycles. The summed E-state index contributed by atoms with van der Waals surface area (Å²) >= 11 is 0. The number of benzene rings is 1. The molecule has 1 spiro atoms. The Morgan fingerprint density at radius 1 is 1.20 bits per heavy atom. The van der Waals surface area contributed by atoms with Crippen LogP contribution < -0.4 is 5.56 Å². The monoisotopic (exact) mass is 571 g/mol. The fraction of sp³-hybridized carbons (Fsp3) is 0.481. The highest BCUT2D eigenvalue weighted by Crippen LogP contribution is 2.41. The van der Waals surface area contributed by atoms with Crippen LogP contribution in [0.5, 0.6) is 0 Å². The fourth-order valence-corrected chi connectivity index (χ4v) is 7.06. The van der Waals surface area contributed by atoms with Crippen molar-refractivity contribution in [1.29, 1.82) is 5.26 Å². The van der Waals surface area contributed by atoms with E-state index < -0.39 is 45.5 Å². The molecule has 4 heterocycles. The van der Waals surface area contributed by atoms with Crippen LogP contribution in [0.25, 0.3) is 0 Å². The van der Waals surface area contributed by atoms with Gasteiger partial charge in [0.25, 0.3) is 5.56 Å². The van der Waals surface area contributed by atoms with E-state index in [0.717, 1.165) is 9.87 Å². The van der Waals surface area contributed by atoms with Crippen LogP contribution in [0, 0.1) is 18.3 Å². The van der Waals surface area contributed by atoms with Gasteiger partial charge in [0.15, 0.2) is 0 Å². The maximum absolute atomic E-state index is 13.5. The molecule has 0 radical (unpaired) electrons. The molecule has 0 saturated carbocycles. The van der Waals surface area contributed by atoms with Gasteiger partial charge in [-0.05, 0) is 44.9 Å². The molecule has 2 atom stereocenters. The second-order valence-corrected chi connectivity index (χ2v) is 11.7. The number of carbonyl (C=O) groups excluding carboxylic acids is 2. The Hall–Kier alpha value is -3.57. The number of aromatic nitrogens is 1. The van der Waals surface area contributed by atoms with Crippen molar-refractivity contribution >= 4 is 22.0 Å². The molecule has 2 fully saturated rings. The molecular weight excluding hydrogens is 542 g/mol. The minimum Gasteiger partial charge on any atom is -0.463 e. The third-order valence-corrected chi connectivity index (χ3v) is 9.29. The summed E-state index contributed by atoms with van der Waals surface area (Å²) in [5.74, 6) is -3.20. The zero-order chi connectivity index (χ0) is 28.7. The highest BCUT2D eigenvalue weighted by Gasteiger charge is 2.48. The summed E-state index contributed by atoms with van der Waals surface area (Å²) in [5, 5.41) is 9.88. The Balaban J connectivity index is 1.51. The van der Waals surface area contributed by atoms with Crippen molar-refractivity contribution < 1.29 is 37.0 Å². The summed E-state index contributed by atoms with van der Waals surface area (Å²) in [6.07, 6.45) is -0.893. The Morgan fingerprint density at radius 3 is 2.55 bits per heavy atom. The summed E-state index contributed by atoms with van der Waals surface area (Å²) in [5.41, 5.74) is -0.0565. The lowest BCUT2D eigenvalue weighted by Gasteiger charge is -2.26. The van der Waals surface area contributed by atoms with Crippen molar-refractivity contribution in [2.75, 3.05) is 26.4 Å². The third kappa shape index (κ3) is 4.71. The summed E-state index contributed by atoms with van der Waals surface area (Å²) in [7, 11) is -4.05. The molecule has 1 aromatic heterocycles. The Bertz CT molecular complexity index is 1540. The van der Waals surface area contributed by atoms with E-state index in [1.165, 1.54) is 22.8 Å². The minimum atomic E-state index is -4.05. The van der Waals surface area contributed by atoms with Crippen molar-refractivity contribution in [3.8, 4) is 6.07 Å². The average molecular weight is 572 g/mol. The second-order valence-electron chi connectivity index (χ2n) is 9.78. The molecule has 12 nitrogen and oxygen atoms in total. The molecule has 212 valence electrons. The van der Waals surface area contributed by atoms with Gasteiger partial charge in [0.2, 0.25) is 21.9 Å². The van der Waals surface area contributed by atoms with Crippen LogP contribution in [0.15, 0.2) is 40.0 Å².